The van der Waals surface area contributed by atoms with E-state index in [-0.39, 0.29) is 11.0 Å². The Kier molecular flexibility index (Phi) is 9.03. The number of hydrogen-bond acceptors (Lipinski definition) is 3. The van der Waals surface area contributed by atoms with Gasteiger partial charge in [-0.05, 0) is 59.8 Å². The molecule has 0 atom stereocenters. The molecule has 4 aromatic carbocycles. The van der Waals surface area contributed by atoms with Gasteiger partial charge in [0.1, 0.15) is 5.54 Å². The van der Waals surface area contributed by atoms with Crippen LogP contribution in [0.1, 0.15) is 40.8 Å². The van der Waals surface area contributed by atoms with Crippen molar-refractivity contribution >= 4 is 34.1 Å². The van der Waals surface area contributed by atoms with Crippen molar-refractivity contribution in [2.75, 3.05) is 6.54 Å². The molecule has 4 N–H and O–H groups in total. The summed E-state index contributed by atoms with van der Waals surface area (Å²) in [5.41, 5.74) is 14.8. The fourth-order valence-electron chi connectivity index (χ4n) is 6.09. The number of rotatable bonds is 11. The SMILES string of the molecule is NC(=S)N(CCCc1cn(C(c2ccccc2)(c2ccccc2)c2ccccc2)cn1)NC(=O)CCc1c[nH]c2ccccc12. The first kappa shape index (κ1) is 29.8. The number of fused-ring (bicyclic) bond motifs is 1. The number of para-hydroxylation sites is 1. The molecule has 8 heteroatoms. The fraction of sp³-hybridized carbons (Fsp3) is 0.162. The Morgan fingerprint density at radius 1 is 0.844 bits per heavy atom. The summed E-state index contributed by atoms with van der Waals surface area (Å²) in [6, 6.07) is 39.7. The van der Waals surface area contributed by atoms with Gasteiger partial charge in [-0.25, -0.2) is 4.98 Å². The van der Waals surface area contributed by atoms with Gasteiger partial charge in [0.2, 0.25) is 5.91 Å². The quantitative estimate of drug-likeness (QED) is 0.0902. The highest BCUT2D eigenvalue weighted by atomic mass is 32.1. The molecule has 0 aliphatic rings. The van der Waals surface area contributed by atoms with Crippen molar-refractivity contribution < 1.29 is 4.79 Å². The molecular formula is C37H36N6OS. The molecule has 7 nitrogen and oxygen atoms in total. The van der Waals surface area contributed by atoms with E-state index >= 15 is 0 Å². The lowest BCUT2D eigenvalue weighted by Gasteiger charge is -2.37. The molecule has 0 saturated carbocycles. The lowest BCUT2D eigenvalue weighted by atomic mass is 9.77. The summed E-state index contributed by atoms with van der Waals surface area (Å²) in [6.07, 6.45) is 8.33. The predicted octanol–water partition coefficient (Wildman–Crippen LogP) is 6.35. The van der Waals surface area contributed by atoms with E-state index in [9.17, 15) is 4.79 Å². The molecule has 2 aromatic heterocycles. The molecule has 0 aliphatic carbocycles. The summed E-state index contributed by atoms with van der Waals surface area (Å²) >= 11 is 5.27. The lowest BCUT2D eigenvalue weighted by molar-refractivity contribution is -0.124. The monoisotopic (exact) mass is 612 g/mol. The predicted molar refractivity (Wildman–Crippen MR) is 183 cm³/mol. The van der Waals surface area contributed by atoms with E-state index in [0.717, 1.165) is 38.9 Å². The molecule has 45 heavy (non-hydrogen) atoms. The third-order valence-electron chi connectivity index (χ3n) is 8.23. The molecule has 0 fully saturated rings. The maximum absolute atomic E-state index is 12.8. The second-order valence-electron chi connectivity index (χ2n) is 11.1. The van der Waals surface area contributed by atoms with E-state index in [4.69, 9.17) is 22.9 Å². The van der Waals surface area contributed by atoms with Gasteiger partial charge in [-0.3, -0.25) is 15.2 Å². The van der Waals surface area contributed by atoms with Gasteiger partial charge < -0.3 is 15.3 Å². The van der Waals surface area contributed by atoms with Crippen LogP contribution in [0.2, 0.25) is 0 Å². The Hall–Kier alpha value is -5.21. The normalized spacial score (nSPS) is 11.4. The van der Waals surface area contributed by atoms with Crippen LogP contribution in [-0.4, -0.2) is 37.1 Å². The molecule has 0 saturated heterocycles. The zero-order valence-corrected chi connectivity index (χ0v) is 25.8. The topological polar surface area (TPSA) is 92.0 Å². The molecular weight excluding hydrogens is 577 g/mol. The smallest absolute Gasteiger partial charge is 0.238 e. The number of hydrazine groups is 1. The van der Waals surface area contributed by atoms with E-state index in [0.29, 0.717) is 32.2 Å². The van der Waals surface area contributed by atoms with Gasteiger partial charge in [0.15, 0.2) is 5.11 Å². The zero-order chi connectivity index (χ0) is 31.1. The van der Waals surface area contributed by atoms with Crippen LogP contribution in [0.3, 0.4) is 0 Å². The highest BCUT2D eigenvalue weighted by Crippen LogP contribution is 2.40. The number of carbonyl (C=O) groups is 1. The summed E-state index contributed by atoms with van der Waals surface area (Å²) in [4.78, 5) is 20.9. The number of aromatic amines is 1. The number of hydrogen-bond donors (Lipinski definition) is 3. The highest BCUT2D eigenvalue weighted by molar-refractivity contribution is 7.80. The van der Waals surface area contributed by atoms with Gasteiger partial charge in [0.25, 0.3) is 0 Å². The highest BCUT2D eigenvalue weighted by Gasteiger charge is 2.38. The molecule has 226 valence electrons. The first-order valence-corrected chi connectivity index (χ1v) is 15.6. The standard InChI is InChI=1S/C37H36N6OS/c38-36(45)43(41-35(44)23-22-28-25-39-34-21-11-10-20-33(28)34)24-12-19-32-26-42(27-40-32)37(29-13-4-1-5-14-29,30-15-6-2-7-16-30)31-17-8-3-9-18-31/h1-11,13-18,20-21,25-27,39H,12,19,22-24H2,(H2,38,45)(H,41,44). The van der Waals surface area contributed by atoms with Crippen LogP contribution >= 0.6 is 12.2 Å². The minimum absolute atomic E-state index is 0.129. The van der Waals surface area contributed by atoms with Gasteiger partial charge in [-0.1, -0.05) is 109 Å². The van der Waals surface area contributed by atoms with Crippen LogP contribution in [0.5, 0.6) is 0 Å². The fourth-order valence-corrected chi connectivity index (χ4v) is 6.23. The van der Waals surface area contributed by atoms with Crippen molar-refractivity contribution in [2.24, 2.45) is 5.73 Å². The van der Waals surface area contributed by atoms with Crippen LogP contribution in [0, 0.1) is 0 Å². The van der Waals surface area contributed by atoms with E-state index in [1.807, 2.05) is 48.9 Å². The van der Waals surface area contributed by atoms with Gasteiger partial charge in [0, 0.05) is 36.3 Å². The number of nitrogens with zero attached hydrogens (tertiary/aromatic N) is 3. The average Bonchev–Trinajstić information content (AvgIpc) is 3.73. The summed E-state index contributed by atoms with van der Waals surface area (Å²) in [7, 11) is 0. The van der Waals surface area contributed by atoms with Crippen LogP contribution in [0.25, 0.3) is 10.9 Å². The van der Waals surface area contributed by atoms with Crippen molar-refractivity contribution in [3.8, 4) is 0 Å². The maximum Gasteiger partial charge on any atom is 0.238 e. The van der Waals surface area contributed by atoms with Crippen molar-refractivity contribution in [3.63, 3.8) is 0 Å². The van der Waals surface area contributed by atoms with Crippen molar-refractivity contribution in [1.29, 1.82) is 0 Å². The number of benzene rings is 4. The first-order chi connectivity index (χ1) is 22.1. The number of imidazole rings is 1. The largest absolute Gasteiger partial charge is 0.375 e. The third kappa shape index (κ3) is 6.37. The summed E-state index contributed by atoms with van der Waals surface area (Å²) in [5, 5.41) is 2.83. The molecule has 0 radical (unpaired) electrons. The maximum atomic E-state index is 12.8. The number of aryl methyl sites for hydroxylation is 2. The molecule has 1 amide bonds. The first-order valence-electron chi connectivity index (χ1n) is 15.2. The molecule has 0 aliphatic heterocycles. The average molecular weight is 613 g/mol. The number of nitrogens with two attached hydrogens (primary N) is 1. The van der Waals surface area contributed by atoms with Crippen LogP contribution in [-0.2, 0) is 23.2 Å². The number of carbonyl (C=O) groups excluding carboxylic acids is 1. The number of aromatic nitrogens is 3. The Morgan fingerprint density at radius 2 is 1.42 bits per heavy atom. The lowest BCUT2D eigenvalue weighted by Crippen LogP contribution is -2.49. The van der Waals surface area contributed by atoms with E-state index < -0.39 is 5.54 Å². The molecule has 0 spiro atoms. The molecule has 0 bridgehead atoms. The van der Waals surface area contributed by atoms with E-state index in [1.165, 1.54) is 0 Å². The number of H-pyrrole nitrogens is 1. The minimum atomic E-state index is -0.612. The van der Waals surface area contributed by atoms with Crippen LogP contribution in [0.4, 0.5) is 0 Å². The summed E-state index contributed by atoms with van der Waals surface area (Å²) < 4.78 is 2.21. The van der Waals surface area contributed by atoms with E-state index in [2.05, 4.69) is 100 Å². The van der Waals surface area contributed by atoms with Gasteiger partial charge >= 0.3 is 0 Å². The van der Waals surface area contributed by atoms with Crippen molar-refractivity contribution in [3.05, 3.63) is 162 Å². The number of thiocarbonyl (C=S) groups is 1. The van der Waals surface area contributed by atoms with E-state index in [1.54, 1.807) is 5.01 Å². The van der Waals surface area contributed by atoms with Crippen molar-refractivity contribution in [2.45, 2.75) is 31.2 Å². The number of amides is 1. The summed E-state index contributed by atoms with van der Waals surface area (Å²) in [6.45, 7) is 0.474. The summed E-state index contributed by atoms with van der Waals surface area (Å²) in [5.74, 6) is -0.129. The Balaban J connectivity index is 1.16. The van der Waals surface area contributed by atoms with Gasteiger partial charge in [-0.2, -0.15) is 0 Å². The van der Waals surface area contributed by atoms with Gasteiger partial charge in [-0.15, -0.1) is 0 Å². The minimum Gasteiger partial charge on any atom is -0.375 e. The van der Waals surface area contributed by atoms with Gasteiger partial charge in [0.05, 0.1) is 12.0 Å². The molecule has 6 aromatic rings. The third-order valence-corrected chi connectivity index (χ3v) is 8.46. The van der Waals surface area contributed by atoms with Crippen LogP contribution in [0.15, 0.2) is 134 Å². The second-order valence-corrected chi connectivity index (χ2v) is 11.5. The van der Waals surface area contributed by atoms with Crippen LogP contribution < -0.4 is 11.2 Å². The van der Waals surface area contributed by atoms with Crippen molar-refractivity contribution in [1.82, 2.24) is 25.0 Å². The second kappa shape index (κ2) is 13.6. The molecule has 2 heterocycles. The Morgan fingerprint density at radius 3 is 2.02 bits per heavy atom. The Bertz CT molecular complexity index is 1770. The molecule has 6 rings (SSSR count). The number of nitrogens with one attached hydrogen (secondary N) is 2. The molecule has 0 unspecified atom stereocenters. The zero-order valence-electron chi connectivity index (χ0n) is 25.0. The Labute approximate surface area is 268 Å².